The number of sulfonamides is 1. The lowest BCUT2D eigenvalue weighted by Gasteiger charge is -2.16. The highest BCUT2D eigenvalue weighted by atomic mass is 32.2. The van der Waals surface area contributed by atoms with Gasteiger partial charge in [0.05, 0.1) is 23.6 Å². The number of nitrogens with one attached hydrogen (secondary N) is 2. The number of aromatic nitrogens is 3. The van der Waals surface area contributed by atoms with Crippen LogP contribution in [0.15, 0.2) is 48.9 Å². The summed E-state index contributed by atoms with van der Waals surface area (Å²) in [5, 5.41) is 2.89. The quantitative estimate of drug-likeness (QED) is 0.199. The van der Waals surface area contributed by atoms with Crippen molar-refractivity contribution in [3.8, 4) is 16.9 Å². The Hall–Kier alpha value is -3.97. The zero-order chi connectivity index (χ0) is 27.3. The van der Waals surface area contributed by atoms with Gasteiger partial charge in [0.15, 0.2) is 5.82 Å². The highest BCUT2D eigenvalue weighted by Gasteiger charge is 2.21. The molecule has 0 bridgehead atoms. The van der Waals surface area contributed by atoms with E-state index in [1.165, 1.54) is 31.8 Å². The lowest BCUT2D eigenvalue weighted by Crippen LogP contribution is -2.17. The summed E-state index contributed by atoms with van der Waals surface area (Å²) in [4.78, 5) is 12.0. The molecule has 0 amide bonds. The molecule has 38 heavy (non-hydrogen) atoms. The van der Waals surface area contributed by atoms with Crippen LogP contribution in [-0.4, -0.2) is 49.4 Å². The van der Waals surface area contributed by atoms with Gasteiger partial charge in [-0.2, -0.15) is 4.39 Å². The first-order valence-corrected chi connectivity index (χ1v) is 13.2. The van der Waals surface area contributed by atoms with Crippen LogP contribution in [0.1, 0.15) is 13.3 Å². The number of hydrogen-bond acceptors (Lipinski definition) is 8. The van der Waals surface area contributed by atoms with E-state index in [-0.39, 0.29) is 36.1 Å². The summed E-state index contributed by atoms with van der Waals surface area (Å²) in [6, 6.07) is 8.04. The fourth-order valence-electron chi connectivity index (χ4n) is 3.69. The number of anilines is 3. The van der Waals surface area contributed by atoms with E-state index in [2.05, 4.69) is 25.0 Å². The minimum atomic E-state index is -3.83. The smallest absolute Gasteiger partial charge is 0.232 e. The zero-order valence-electron chi connectivity index (χ0n) is 20.5. The molecule has 13 heteroatoms. The zero-order valence-corrected chi connectivity index (χ0v) is 21.3. The second kappa shape index (κ2) is 11.6. The van der Waals surface area contributed by atoms with Gasteiger partial charge < -0.3 is 14.8 Å². The molecule has 0 saturated carbocycles. The second-order valence-electron chi connectivity index (χ2n) is 8.10. The highest BCUT2D eigenvalue weighted by molar-refractivity contribution is 7.92. The maximum absolute atomic E-state index is 15.3. The van der Waals surface area contributed by atoms with Crippen molar-refractivity contribution in [1.82, 2.24) is 15.0 Å². The minimum absolute atomic E-state index is 0.00430. The molecule has 0 aliphatic carbocycles. The number of nitrogens with zero attached hydrogens (tertiary/aromatic N) is 3. The molecule has 4 rings (SSSR count). The summed E-state index contributed by atoms with van der Waals surface area (Å²) in [5.74, 6) is -2.84. The van der Waals surface area contributed by atoms with Gasteiger partial charge in [-0.15, -0.1) is 0 Å². The molecular formula is C25H24F3N5O4S. The number of hydrogen-bond donors (Lipinski definition) is 2. The minimum Gasteiger partial charge on any atom is -0.490 e. The van der Waals surface area contributed by atoms with E-state index in [1.54, 1.807) is 19.1 Å². The number of benzene rings is 2. The maximum Gasteiger partial charge on any atom is 0.232 e. The van der Waals surface area contributed by atoms with Crippen LogP contribution in [0, 0.1) is 17.6 Å². The number of halogens is 3. The van der Waals surface area contributed by atoms with Gasteiger partial charge in [-0.1, -0.05) is 6.92 Å². The Bertz CT molecular complexity index is 1570. The molecule has 2 N–H and O–H groups in total. The number of methoxy groups -OCH3 is 1. The van der Waals surface area contributed by atoms with Crippen LogP contribution in [0.25, 0.3) is 22.0 Å². The summed E-state index contributed by atoms with van der Waals surface area (Å²) >= 11 is 0. The molecular weight excluding hydrogens is 523 g/mol. The van der Waals surface area contributed by atoms with Crippen molar-refractivity contribution >= 4 is 38.1 Å². The van der Waals surface area contributed by atoms with Crippen molar-refractivity contribution < 1.29 is 31.1 Å². The van der Waals surface area contributed by atoms with Gasteiger partial charge in [0.2, 0.25) is 16.0 Å². The van der Waals surface area contributed by atoms with Crippen molar-refractivity contribution in [2.75, 3.05) is 36.1 Å². The van der Waals surface area contributed by atoms with Crippen LogP contribution in [0.4, 0.5) is 30.4 Å². The van der Waals surface area contributed by atoms with Crippen molar-refractivity contribution in [2.45, 2.75) is 13.3 Å². The molecule has 0 fully saturated rings. The third-order valence-electron chi connectivity index (χ3n) is 5.40. The fraction of sp³-hybridized carbons (Fsp3) is 0.240. The number of pyridine rings is 1. The van der Waals surface area contributed by atoms with E-state index in [9.17, 15) is 17.2 Å². The number of ether oxygens (including phenoxy) is 2. The Balaban J connectivity index is 1.81. The Morgan fingerprint density at radius 2 is 1.82 bits per heavy atom. The molecule has 2 aromatic carbocycles. The van der Waals surface area contributed by atoms with Crippen LogP contribution < -0.4 is 14.8 Å². The van der Waals surface area contributed by atoms with Crippen LogP contribution >= 0.6 is 0 Å². The Morgan fingerprint density at radius 1 is 1.00 bits per heavy atom. The van der Waals surface area contributed by atoms with Gasteiger partial charge >= 0.3 is 0 Å². The van der Waals surface area contributed by atoms with E-state index >= 15 is 4.39 Å². The molecule has 0 unspecified atom stereocenters. The molecule has 2 aromatic heterocycles. The van der Waals surface area contributed by atoms with E-state index < -0.39 is 39.0 Å². The lowest BCUT2D eigenvalue weighted by molar-refractivity contribution is 0.146. The molecule has 0 aliphatic rings. The predicted molar refractivity (Wildman–Crippen MR) is 137 cm³/mol. The van der Waals surface area contributed by atoms with Gasteiger partial charge in [-0.3, -0.25) is 4.72 Å². The van der Waals surface area contributed by atoms with E-state index in [0.717, 1.165) is 12.1 Å². The van der Waals surface area contributed by atoms with Gasteiger partial charge in [0, 0.05) is 35.9 Å². The number of fused-ring (bicyclic) bond motifs is 1. The summed E-state index contributed by atoms with van der Waals surface area (Å²) in [5.41, 5.74) is -0.284. The van der Waals surface area contributed by atoms with Crippen LogP contribution in [-0.2, 0) is 14.8 Å². The summed E-state index contributed by atoms with van der Waals surface area (Å²) < 4.78 is 81.8. The number of rotatable bonds is 11. The first-order valence-electron chi connectivity index (χ1n) is 11.5. The standard InChI is InChI=1S/C25H24F3N5O4S/c1-3-11-38(34,35)33-19-7-6-18(26)23(22(19)27)32-25-17-12-16(15-5-4-8-29-24(15)28)21(37-10-9-36-2)13-20(17)30-14-31-25/h4-8,12-14,33H,3,9-11H2,1-2H3,(H,30,31,32). The third-order valence-corrected chi connectivity index (χ3v) is 6.88. The molecule has 0 aliphatic heterocycles. The van der Waals surface area contributed by atoms with Crippen molar-refractivity contribution in [2.24, 2.45) is 0 Å². The summed E-state index contributed by atoms with van der Waals surface area (Å²) in [7, 11) is -2.32. The van der Waals surface area contributed by atoms with Crippen molar-refractivity contribution in [1.29, 1.82) is 0 Å². The Labute approximate surface area is 217 Å². The fourth-order valence-corrected chi connectivity index (χ4v) is 4.82. The largest absolute Gasteiger partial charge is 0.490 e. The molecule has 0 spiro atoms. The van der Waals surface area contributed by atoms with Gasteiger partial charge in [-0.05, 0) is 36.8 Å². The average Bonchev–Trinajstić information content (AvgIpc) is 2.88. The molecule has 0 saturated heterocycles. The normalized spacial score (nSPS) is 11.5. The predicted octanol–water partition coefficient (Wildman–Crippen LogP) is 5.03. The maximum atomic E-state index is 15.3. The molecule has 9 nitrogen and oxygen atoms in total. The SMILES string of the molecule is CCCS(=O)(=O)Nc1ccc(F)c(Nc2ncnc3cc(OCCOC)c(-c4cccnc4F)cc23)c1F. The Kier molecular flexibility index (Phi) is 8.27. The summed E-state index contributed by atoms with van der Waals surface area (Å²) in [6.45, 7) is 2.11. The Morgan fingerprint density at radius 3 is 2.55 bits per heavy atom. The van der Waals surface area contributed by atoms with E-state index in [1.807, 2.05) is 0 Å². The van der Waals surface area contributed by atoms with Crippen LogP contribution in [0.2, 0.25) is 0 Å². The van der Waals surface area contributed by atoms with Crippen LogP contribution in [0.3, 0.4) is 0 Å². The molecule has 4 aromatic rings. The monoisotopic (exact) mass is 547 g/mol. The third kappa shape index (κ3) is 5.94. The highest BCUT2D eigenvalue weighted by Crippen LogP contribution is 2.38. The van der Waals surface area contributed by atoms with Crippen molar-refractivity contribution in [3.63, 3.8) is 0 Å². The first-order chi connectivity index (χ1) is 18.2. The van der Waals surface area contributed by atoms with Crippen molar-refractivity contribution in [3.05, 3.63) is 66.5 Å². The molecule has 2 heterocycles. The van der Waals surface area contributed by atoms with E-state index in [4.69, 9.17) is 9.47 Å². The second-order valence-corrected chi connectivity index (χ2v) is 9.94. The van der Waals surface area contributed by atoms with Gasteiger partial charge in [0.25, 0.3) is 0 Å². The lowest BCUT2D eigenvalue weighted by atomic mass is 10.0. The molecule has 0 radical (unpaired) electrons. The molecule has 0 atom stereocenters. The summed E-state index contributed by atoms with van der Waals surface area (Å²) in [6.07, 6.45) is 2.79. The van der Waals surface area contributed by atoms with Crippen LogP contribution in [0.5, 0.6) is 5.75 Å². The first kappa shape index (κ1) is 27.1. The molecule has 200 valence electrons. The van der Waals surface area contributed by atoms with E-state index in [0.29, 0.717) is 22.9 Å². The van der Waals surface area contributed by atoms with Gasteiger partial charge in [0.1, 0.15) is 36.0 Å². The average molecular weight is 548 g/mol. The topological polar surface area (TPSA) is 115 Å². The van der Waals surface area contributed by atoms with Gasteiger partial charge in [-0.25, -0.2) is 32.2 Å².